The van der Waals surface area contributed by atoms with E-state index < -0.39 is 0 Å². The molecule has 0 fully saturated rings. The molecule has 9 heteroatoms. The lowest BCUT2D eigenvalue weighted by Crippen LogP contribution is -1.91. The van der Waals surface area contributed by atoms with E-state index >= 15 is 0 Å². The second-order valence-corrected chi connectivity index (χ2v) is 5.24. The molecule has 6 nitrogen and oxygen atoms in total. The number of hydrogen-bond donors (Lipinski definition) is 3. The molecule has 0 spiro atoms. The minimum absolute atomic E-state index is 0.0791. The largest absolute Gasteiger partial charge is 0.506 e. The molecule has 2 rings (SSSR count). The first kappa shape index (κ1) is 13.2. The summed E-state index contributed by atoms with van der Waals surface area (Å²) in [5, 5.41) is 29.7. The third-order valence-corrected chi connectivity index (χ3v) is 3.69. The predicted molar refractivity (Wildman–Crippen MR) is 75.6 cm³/mol. The number of phenols is 2. The number of halogens is 2. The third-order valence-electron chi connectivity index (χ3n) is 2.05. The monoisotopic (exact) mass is 392 g/mol. The van der Waals surface area contributed by atoms with Crippen molar-refractivity contribution >= 4 is 50.3 Å². The topological polar surface area (TPSA) is 86.4 Å². The number of benzene rings is 1. The number of rotatable bonds is 2. The van der Waals surface area contributed by atoms with E-state index in [0.717, 1.165) is 0 Å². The summed E-state index contributed by atoms with van der Waals surface area (Å²) in [4.78, 5) is 0. The van der Waals surface area contributed by atoms with Gasteiger partial charge in [-0.05, 0) is 50.1 Å². The van der Waals surface area contributed by atoms with E-state index in [-0.39, 0.29) is 16.0 Å². The average molecular weight is 394 g/mol. The van der Waals surface area contributed by atoms with Crippen molar-refractivity contribution in [2.75, 3.05) is 0 Å². The third kappa shape index (κ3) is 2.47. The van der Waals surface area contributed by atoms with E-state index in [1.807, 2.05) is 0 Å². The molecule has 1 aromatic carbocycles. The lowest BCUT2D eigenvalue weighted by Gasteiger charge is -2.05. The Hall–Kier alpha value is -1.19. The molecule has 2 aromatic rings. The molecule has 0 bridgehead atoms. The highest BCUT2D eigenvalue weighted by Gasteiger charge is 2.12. The Balaban J connectivity index is 2.45. The molecular formula is C9H6Br2N4O2S. The number of aromatic amines is 1. The van der Waals surface area contributed by atoms with Crippen LogP contribution in [0.2, 0.25) is 0 Å². The molecule has 0 saturated carbocycles. The highest BCUT2D eigenvalue weighted by molar-refractivity contribution is 9.11. The maximum atomic E-state index is 9.82. The number of nitrogens with zero attached hydrogens (tertiary/aromatic N) is 3. The van der Waals surface area contributed by atoms with Gasteiger partial charge in [-0.3, -0.25) is 5.10 Å². The van der Waals surface area contributed by atoms with Crippen molar-refractivity contribution in [3.63, 3.8) is 0 Å². The van der Waals surface area contributed by atoms with Gasteiger partial charge in [-0.2, -0.15) is 14.9 Å². The molecule has 18 heavy (non-hydrogen) atoms. The van der Waals surface area contributed by atoms with Crippen LogP contribution in [0.25, 0.3) is 0 Å². The molecule has 0 saturated heterocycles. The van der Waals surface area contributed by atoms with Crippen LogP contribution in [0.3, 0.4) is 0 Å². The Morgan fingerprint density at radius 2 is 2.11 bits per heavy atom. The molecule has 0 atom stereocenters. The van der Waals surface area contributed by atoms with E-state index in [1.165, 1.54) is 23.3 Å². The summed E-state index contributed by atoms with van der Waals surface area (Å²) in [5.74, 6) is -0.195. The van der Waals surface area contributed by atoms with Gasteiger partial charge in [0.05, 0.1) is 10.7 Å². The minimum Gasteiger partial charge on any atom is -0.506 e. The Morgan fingerprint density at radius 1 is 1.39 bits per heavy atom. The molecule has 0 aliphatic rings. The zero-order valence-corrected chi connectivity index (χ0v) is 12.6. The molecule has 94 valence electrons. The van der Waals surface area contributed by atoms with Crippen molar-refractivity contribution in [2.24, 2.45) is 5.10 Å². The number of nitrogens with one attached hydrogen (secondary N) is 1. The lowest BCUT2D eigenvalue weighted by atomic mass is 10.2. The van der Waals surface area contributed by atoms with Crippen LogP contribution in [-0.2, 0) is 0 Å². The standard InChI is InChI=1S/C9H6Br2N4O2S/c10-5-1-4(7(16)6(11)8(5)17)2-13-15-3-12-14-9(15)18/h1-3,16-17H,(H,14,18). The highest BCUT2D eigenvalue weighted by Crippen LogP contribution is 2.40. The van der Waals surface area contributed by atoms with E-state index in [1.54, 1.807) is 0 Å². The van der Waals surface area contributed by atoms with Crippen LogP contribution in [0, 0.1) is 4.77 Å². The maximum absolute atomic E-state index is 9.82. The van der Waals surface area contributed by atoms with E-state index in [0.29, 0.717) is 14.8 Å². The molecule has 1 aromatic heterocycles. The number of hydrogen-bond acceptors (Lipinski definition) is 5. The molecule has 1 heterocycles. The van der Waals surface area contributed by atoms with Crippen LogP contribution in [0.1, 0.15) is 5.56 Å². The number of H-pyrrole nitrogens is 1. The quantitative estimate of drug-likeness (QED) is 0.540. The van der Waals surface area contributed by atoms with Gasteiger partial charge in [-0.15, -0.1) is 0 Å². The first-order valence-corrected chi connectivity index (χ1v) is 6.56. The van der Waals surface area contributed by atoms with Gasteiger partial charge in [0.25, 0.3) is 0 Å². The summed E-state index contributed by atoms with van der Waals surface area (Å²) in [6, 6.07) is 1.53. The maximum Gasteiger partial charge on any atom is 0.216 e. The van der Waals surface area contributed by atoms with Crippen molar-refractivity contribution in [1.82, 2.24) is 14.9 Å². The fourth-order valence-electron chi connectivity index (χ4n) is 1.16. The van der Waals surface area contributed by atoms with Gasteiger partial charge in [0.1, 0.15) is 22.3 Å². The smallest absolute Gasteiger partial charge is 0.216 e. The lowest BCUT2D eigenvalue weighted by molar-refractivity contribution is 0.441. The van der Waals surface area contributed by atoms with Gasteiger partial charge in [0.15, 0.2) is 0 Å². The fraction of sp³-hybridized carbons (Fsp3) is 0. The van der Waals surface area contributed by atoms with Crippen molar-refractivity contribution in [1.29, 1.82) is 0 Å². The van der Waals surface area contributed by atoms with Crippen LogP contribution in [0.15, 0.2) is 26.4 Å². The first-order valence-electron chi connectivity index (χ1n) is 4.57. The number of aromatic nitrogens is 3. The zero-order valence-electron chi connectivity index (χ0n) is 8.63. The Kier molecular flexibility index (Phi) is 3.83. The van der Waals surface area contributed by atoms with Gasteiger partial charge in [-0.1, -0.05) is 0 Å². The summed E-state index contributed by atoms with van der Waals surface area (Å²) in [6.45, 7) is 0. The Morgan fingerprint density at radius 3 is 2.72 bits per heavy atom. The normalized spacial score (nSPS) is 11.2. The van der Waals surface area contributed by atoms with Crippen LogP contribution >= 0.6 is 44.1 Å². The van der Waals surface area contributed by atoms with Crippen LogP contribution in [0.4, 0.5) is 0 Å². The zero-order chi connectivity index (χ0) is 13.3. The van der Waals surface area contributed by atoms with Crippen molar-refractivity contribution < 1.29 is 10.2 Å². The van der Waals surface area contributed by atoms with Gasteiger partial charge >= 0.3 is 0 Å². The fourth-order valence-corrected chi connectivity index (χ4v) is 2.46. The first-order chi connectivity index (χ1) is 8.50. The van der Waals surface area contributed by atoms with Gasteiger partial charge in [0.2, 0.25) is 4.77 Å². The summed E-state index contributed by atoms with van der Waals surface area (Å²) in [5.41, 5.74) is 0.412. The summed E-state index contributed by atoms with van der Waals surface area (Å²) in [6.07, 6.45) is 2.80. The summed E-state index contributed by atoms with van der Waals surface area (Å²) >= 11 is 11.2. The Labute approximate surface area is 123 Å². The summed E-state index contributed by atoms with van der Waals surface area (Å²) in [7, 11) is 0. The highest BCUT2D eigenvalue weighted by atomic mass is 79.9. The average Bonchev–Trinajstić information content (AvgIpc) is 2.75. The molecular weight excluding hydrogens is 388 g/mol. The molecule has 0 aliphatic heterocycles. The predicted octanol–water partition coefficient (Wildman–Crippen LogP) is 2.76. The van der Waals surface area contributed by atoms with Crippen molar-refractivity contribution in [3.05, 3.63) is 31.7 Å². The summed E-state index contributed by atoms with van der Waals surface area (Å²) < 4.78 is 2.30. The van der Waals surface area contributed by atoms with E-state index in [2.05, 4.69) is 47.2 Å². The molecule has 0 unspecified atom stereocenters. The van der Waals surface area contributed by atoms with Gasteiger partial charge in [0, 0.05) is 5.56 Å². The molecule has 0 radical (unpaired) electrons. The molecule has 3 N–H and O–H groups in total. The SMILES string of the molecule is Oc1c(Br)cc(C=Nn2cn[nH]c2=S)c(O)c1Br. The minimum atomic E-state index is -0.116. The van der Waals surface area contributed by atoms with Crippen molar-refractivity contribution in [3.8, 4) is 11.5 Å². The second kappa shape index (κ2) is 5.21. The van der Waals surface area contributed by atoms with Crippen LogP contribution in [0.5, 0.6) is 11.5 Å². The molecule has 0 aliphatic carbocycles. The number of phenolic OH excluding ortho intramolecular Hbond substituents is 2. The molecule has 0 amide bonds. The van der Waals surface area contributed by atoms with Gasteiger partial charge in [-0.25, -0.2) is 0 Å². The van der Waals surface area contributed by atoms with Gasteiger partial charge < -0.3 is 10.2 Å². The second-order valence-electron chi connectivity index (χ2n) is 3.21. The Bertz CT molecular complexity index is 680. The van der Waals surface area contributed by atoms with Crippen molar-refractivity contribution in [2.45, 2.75) is 0 Å². The van der Waals surface area contributed by atoms with E-state index in [9.17, 15) is 10.2 Å². The van der Waals surface area contributed by atoms with Crippen LogP contribution in [-0.4, -0.2) is 31.3 Å². The number of aromatic hydroxyl groups is 2. The van der Waals surface area contributed by atoms with E-state index in [4.69, 9.17) is 12.2 Å². The van der Waals surface area contributed by atoms with Crippen LogP contribution < -0.4 is 0 Å².